The van der Waals surface area contributed by atoms with Crippen molar-refractivity contribution in [1.29, 1.82) is 0 Å². The average Bonchev–Trinajstić information content (AvgIpc) is 3.35. The first-order chi connectivity index (χ1) is 19.2. The minimum atomic E-state index is -1.60. The van der Waals surface area contributed by atoms with Crippen molar-refractivity contribution in [1.82, 2.24) is 0 Å². The van der Waals surface area contributed by atoms with Crippen LogP contribution >= 0.6 is 0 Å². The molecule has 12 nitrogen and oxygen atoms in total. The first kappa shape index (κ1) is 29.8. The molecule has 2 fully saturated rings. The van der Waals surface area contributed by atoms with Crippen molar-refractivity contribution in [2.45, 2.75) is 50.2 Å². The Morgan fingerprint density at radius 3 is 2.40 bits per heavy atom. The van der Waals surface area contributed by atoms with Crippen LogP contribution < -0.4 is 14.2 Å². The summed E-state index contributed by atoms with van der Waals surface area (Å²) in [5.74, 6) is 0.0927. The van der Waals surface area contributed by atoms with Crippen LogP contribution in [0.2, 0.25) is 0 Å². The van der Waals surface area contributed by atoms with Crippen LogP contribution in [-0.4, -0.2) is 96.2 Å². The zero-order valence-electron chi connectivity index (χ0n) is 22.5. The molecule has 8 atom stereocenters. The van der Waals surface area contributed by atoms with Crippen molar-refractivity contribution < 1.29 is 58.7 Å². The summed E-state index contributed by atoms with van der Waals surface area (Å²) in [6.45, 7) is 1.15. The number of esters is 1. The molecule has 12 heteroatoms. The van der Waals surface area contributed by atoms with Gasteiger partial charge in [0.1, 0.15) is 31.0 Å². The largest absolute Gasteiger partial charge is 0.504 e. The van der Waals surface area contributed by atoms with Crippen LogP contribution in [0.1, 0.15) is 24.2 Å². The Balaban J connectivity index is 1.48. The molecule has 2 aromatic carbocycles. The highest BCUT2D eigenvalue weighted by molar-refractivity contribution is 5.65. The van der Waals surface area contributed by atoms with Gasteiger partial charge in [0.15, 0.2) is 23.0 Å². The van der Waals surface area contributed by atoms with Gasteiger partial charge in [-0.05, 0) is 47.7 Å². The van der Waals surface area contributed by atoms with Gasteiger partial charge < -0.3 is 54.0 Å². The van der Waals surface area contributed by atoms with Gasteiger partial charge in [-0.25, -0.2) is 0 Å². The van der Waals surface area contributed by atoms with Crippen LogP contribution in [0.15, 0.2) is 36.4 Å². The van der Waals surface area contributed by atoms with Gasteiger partial charge in [-0.15, -0.1) is 0 Å². The van der Waals surface area contributed by atoms with Crippen LogP contribution in [0.4, 0.5) is 0 Å². The first-order valence-corrected chi connectivity index (χ1v) is 12.9. The van der Waals surface area contributed by atoms with E-state index in [1.54, 1.807) is 30.3 Å². The molecule has 5 N–H and O–H groups in total. The Labute approximate surface area is 231 Å². The molecular formula is C28H36O12. The highest BCUT2D eigenvalue weighted by atomic mass is 16.7. The fourth-order valence-electron chi connectivity index (χ4n) is 5.11. The van der Waals surface area contributed by atoms with Crippen molar-refractivity contribution >= 4 is 5.97 Å². The topological polar surface area (TPSA) is 174 Å². The summed E-state index contributed by atoms with van der Waals surface area (Å²) < 4.78 is 33.1. The fraction of sp³-hybridized carbons (Fsp3) is 0.536. The third kappa shape index (κ3) is 6.43. The average molecular weight is 565 g/mol. The van der Waals surface area contributed by atoms with Crippen LogP contribution in [0.5, 0.6) is 23.0 Å². The van der Waals surface area contributed by atoms with Crippen molar-refractivity contribution in [2.24, 2.45) is 11.8 Å². The van der Waals surface area contributed by atoms with Crippen LogP contribution in [0.3, 0.4) is 0 Å². The minimum absolute atomic E-state index is 0.000902. The molecule has 0 saturated carbocycles. The number of methoxy groups -OCH3 is 2. The number of aliphatic hydroxyl groups is 4. The Bertz CT molecular complexity index is 1160. The first-order valence-electron chi connectivity index (χ1n) is 12.9. The van der Waals surface area contributed by atoms with Gasteiger partial charge in [-0.1, -0.05) is 12.1 Å². The molecule has 2 heterocycles. The zero-order valence-corrected chi connectivity index (χ0v) is 22.5. The van der Waals surface area contributed by atoms with Gasteiger partial charge in [0.2, 0.25) is 6.29 Å². The number of phenolic OH excluding ortho intramolecular Hbond substituents is 1. The number of hydrogen-bond donors (Lipinski definition) is 5. The van der Waals surface area contributed by atoms with E-state index in [0.29, 0.717) is 18.8 Å². The number of ether oxygens (including phenoxy) is 6. The molecule has 2 aliphatic heterocycles. The van der Waals surface area contributed by atoms with Gasteiger partial charge in [0.25, 0.3) is 0 Å². The van der Waals surface area contributed by atoms with Crippen molar-refractivity contribution in [3.8, 4) is 23.0 Å². The fourth-order valence-corrected chi connectivity index (χ4v) is 5.11. The lowest BCUT2D eigenvalue weighted by molar-refractivity contribution is -0.278. The lowest BCUT2D eigenvalue weighted by atomic mass is 9.84. The maximum atomic E-state index is 11.2. The summed E-state index contributed by atoms with van der Waals surface area (Å²) in [7, 11) is 2.92. The lowest BCUT2D eigenvalue weighted by Gasteiger charge is -2.40. The second kappa shape index (κ2) is 13.0. The summed E-state index contributed by atoms with van der Waals surface area (Å²) in [5, 5.41) is 51.1. The quantitative estimate of drug-likeness (QED) is 0.256. The molecule has 0 aromatic heterocycles. The van der Waals surface area contributed by atoms with E-state index < -0.39 is 42.8 Å². The Kier molecular flexibility index (Phi) is 9.72. The van der Waals surface area contributed by atoms with E-state index in [2.05, 4.69) is 0 Å². The van der Waals surface area contributed by atoms with E-state index in [1.807, 2.05) is 6.07 Å². The Hall–Kier alpha value is -3.13. The molecule has 220 valence electrons. The summed E-state index contributed by atoms with van der Waals surface area (Å²) >= 11 is 0. The van der Waals surface area contributed by atoms with E-state index in [-0.39, 0.29) is 42.3 Å². The molecule has 0 aliphatic carbocycles. The molecule has 0 radical (unpaired) electrons. The highest BCUT2D eigenvalue weighted by Gasteiger charge is 2.46. The molecule has 0 spiro atoms. The van der Waals surface area contributed by atoms with E-state index >= 15 is 0 Å². The number of carbonyl (C=O) groups excluding carboxylic acids is 1. The second-order valence-electron chi connectivity index (χ2n) is 9.92. The summed E-state index contributed by atoms with van der Waals surface area (Å²) in [4.78, 5) is 11.2. The number of carbonyl (C=O) groups is 1. The molecule has 2 saturated heterocycles. The van der Waals surface area contributed by atoms with Crippen LogP contribution in [0.25, 0.3) is 0 Å². The number of aromatic hydroxyl groups is 1. The number of hydrogen-bond acceptors (Lipinski definition) is 12. The normalized spacial score (nSPS) is 30.1. The van der Waals surface area contributed by atoms with E-state index in [9.17, 15) is 30.3 Å². The van der Waals surface area contributed by atoms with Gasteiger partial charge in [-0.3, -0.25) is 4.79 Å². The number of aliphatic hydroxyl groups excluding tert-OH is 4. The molecule has 0 unspecified atom stereocenters. The second-order valence-corrected chi connectivity index (χ2v) is 9.92. The zero-order chi connectivity index (χ0) is 29.0. The molecule has 4 rings (SSSR count). The molecule has 0 amide bonds. The van der Waals surface area contributed by atoms with Crippen LogP contribution in [-0.2, 0) is 25.4 Å². The van der Waals surface area contributed by atoms with E-state index in [0.717, 1.165) is 11.1 Å². The molecule has 40 heavy (non-hydrogen) atoms. The predicted molar refractivity (Wildman–Crippen MR) is 138 cm³/mol. The predicted octanol–water partition coefficient (Wildman–Crippen LogP) is 0.698. The van der Waals surface area contributed by atoms with Gasteiger partial charge >= 0.3 is 5.97 Å². The van der Waals surface area contributed by atoms with Crippen molar-refractivity contribution in [3.63, 3.8) is 0 Å². The lowest BCUT2D eigenvalue weighted by Crippen LogP contribution is -2.60. The summed E-state index contributed by atoms with van der Waals surface area (Å²) in [6, 6.07) is 10.2. The Morgan fingerprint density at radius 1 is 0.975 bits per heavy atom. The SMILES string of the molecule is COc1cc(C[C@H]2CO[C@H](c3ccc(O[C@@H]4O[C@H](COC(C)=O)[C@@H](O)[C@H](O)[C@H]4O)c(OC)c3)[C@H]2CO)ccc1O. The minimum Gasteiger partial charge on any atom is -0.504 e. The highest BCUT2D eigenvalue weighted by Crippen LogP contribution is 2.43. The Morgan fingerprint density at radius 2 is 1.73 bits per heavy atom. The maximum Gasteiger partial charge on any atom is 0.302 e. The smallest absolute Gasteiger partial charge is 0.302 e. The third-order valence-corrected chi connectivity index (χ3v) is 7.32. The van der Waals surface area contributed by atoms with Gasteiger partial charge in [-0.2, -0.15) is 0 Å². The number of rotatable bonds is 10. The van der Waals surface area contributed by atoms with Gasteiger partial charge in [0, 0.05) is 19.4 Å². The third-order valence-electron chi connectivity index (χ3n) is 7.32. The monoisotopic (exact) mass is 564 g/mol. The molecule has 2 aliphatic rings. The van der Waals surface area contributed by atoms with E-state index in [4.69, 9.17) is 28.4 Å². The summed E-state index contributed by atoms with van der Waals surface area (Å²) in [6.07, 6.45) is -7.03. The van der Waals surface area contributed by atoms with Crippen molar-refractivity contribution in [3.05, 3.63) is 47.5 Å². The molecule has 0 bridgehead atoms. The number of phenols is 1. The standard InChI is InChI=1S/C28H36O12/c1-14(30)37-13-23-24(32)25(33)26(34)28(40-23)39-20-7-5-16(10-22(20)36-3)27-18(11-29)17(12-38-27)8-15-4-6-19(31)21(9-15)35-2/h4-7,9-10,17-18,23-29,31-34H,8,11-13H2,1-3H3/t17-,18-,23+,24+,25-,26+,27+,28+/m0/s1. The summed E-state index contributed by atoms with van der Waals surface area (Å²) in [5.41, 5.74) is 1.68. The van der Waals surface area contributed by atoms with Crippen LogP contribution in [0, 0.1) is 11.8 Å². The maximum absolute atomic E-state index is 11.2. The van der Waals surface area contributed by atoms with Gasteiger partial charge in [0.05, 0.1) is 26.9 Å². The van der Waals surface area contributed by atoms with E-state index in [1.165, 1.54) is 21.1 Å². The van der Waals surface area contributed by atoms with Crippen molar-refractivity contribution in [2.75, 3.05) is 34.0 Å². The number of benzene rings is 2. The molecule has 2 aromatic rings. The molecular weight excluding hydrogens is 528 g/mol.